The van der Waals surface area contributed by atoms with Crippen molar-refractivity contribution < 1.29 is 46.3 Å². The van der Waals surface area contributed by atoms with Gasteiger partial charge >= 0.3 is 27.1 Å². The normalized spacial score (nSPS) is 12.0. The summed E-state index contributed by atoms with van der Waals surface area (Å²) in [4.78, 5) is 22.9. The second-order valence-electron chi connectivity index (χ2n) is 4.42. The SMILES string of the molecule is COP(=O)(CC(=O)OCCCCOC(=O)CP(=O)(OC)OC)OC. The fourth-order valence-corrected chi connectivity index (χ4v) is 3.02. The van der Waals surface area contributed by atoms with E-state index in [0.29, 0.717) is 12.8 Å². The van der Waals surface area contributed by atoms with Gasteiger partial charge in [-0.3, -0.25) is 18.7 Å². The van der Waals surface area contributed by atoms with Crippen LogP contribution in [-0.2, 0) is 46.3 Å². The Morgan fingerprint density at radius 2 is 0.958 bits per heavy atom. The molecule has 142 valence electrons. The first-order valence-corrected chi connectivity index (χ1v) is 10.4. The summed E-state index contributed by atoms with van der Waals surface area (Å²) in [5.41, 5.74) is 0. The summed E-state index contributed by atoms with van der Waals surface area (Å²) in [6.45, 7) is 0.136. The molecule has 0 saturated heterocycles. The predicted octanol–water partition coefficient (Wildman–Crippen LogP) is 1.82. The third-order valence-electron chi connectivity index (χ3n) is 2.82. The molecule has 0 aliphatic carbocycles. The number of esters is 2. The Kier molecular flexibility index (Phi) is 11.4. The van der Waals surface area contributed by atoms with Gasteiger partial charge in [-0.25, -0.2) is 0 Å². The van der Waals surface area contributed by atoms with Gasteiger partial charge in [0.1, 0.15) is 12.3 Å². The zero-order valence-electron chi connectivity index (χ0n) is 14.2. The van der Waals surface area contributed by atoms with Crippen molar-refractivity contribution in [3.8, 4) is 0 Å². The molecule has 0 amide bonds. The molecule has 12 heteroatoms. The zero-order chi connectivity index (χ0) is 18.6. The van der Waals surface area contributed by atoms with Crippen LogP contribution in [0.2, 0.25) is 0 Å². The molecule has 0 bridgehead atoms. The van der Waals surface area contributed by atoms with E-state index in [1.807, 2.05) is 0 Å². The first-order chi connectivity index (χ1) is 11.2. The van der Waals surface area contributed by atoms with Gasteiger partial charge in [0.05, 0.1) is 13.2 Å². The molecular weight excluding hydrogens is 366 g/mol. The number of hydrogen-bond donors (Lipinski definition) is 0. The van der Waals surface area contributed by atoms with Crippen molar-refractivity contribution in [2.75, 3.05) is 54.0 Å². The highest BCUT2D eigenvalue weighted by Crippen LogP contribution is 2.46. The molecule has 0 aliphatic heterocycles. The van der Waals surface area contributed by atoms with E-state index < -0.39 is 39.5 Å². The molecule has 0 unspecified atom stereocenters. The molecule has 24 heavy (non-hydrogen) atoms. The van der Waals surface area contributed by atoms with Crippen molar-refractivity contribution in [3.05, 3.63) is 0 Å². The fraction of sp³-hybridized carbons (Fsp3) is 0.833. The highest BCUT2D eigenvalue weighted by molar-refractivity contribution is 7.55. The van der Waals surface area contributed by atoms with Gasteiger partial charge in [-0.05, 0) is 12.8 Å². The number of ether oxygens (including phenoxy) is 2. The van der Waals surface area contributed by atoms with E-state index in [1.54, 1.807) is 0 Å². The molecule has 0 aromatic carbocycles. The van der Waals surface area contributed by atoms with Crippen molar-refractivity contribution in [3.63, 3.8) is 0 Å². The van der Waals surface area contributed by atoms with Gasteiger partial charge in [-0.1, -0.05) is 0 Å². The van der Waals surface area contributed by atoms with Crippen LogP contribution >= 0.6 is 15.2 Å². The highest BCUT2D eigenvalue weighted by Gasteiger charge is 2.27. The van der Waals surface area contributed by atoms with E-state index >= 15 is 0 Å². The lowest BCUT2D eigenvalue weighted by atomic mass is 10.3. The standard InChI is InChI=1S/C12H24O10P2/c1-17-23(15,18-2)9-11(13)21-7-5-6-8-22-12(14)10-24(16,19-3)20-4/h5-10H2,1-4H3. The number of carbonyl (C=O) groups excluding carboxylic acids is 2. The van der Waals surface area contributed by atoms with E-state index in [1.165, 1.54) is 28.4 Å². The summed E-state index contributed by atoms with van der Waals surface area (Å²) in [5.74, 6) is -1.42. The van der Waals surface area contributed by atoms with Crippen LogP contribution in [0.4, 0.5) is 0 Å². The summed E-state index contributed by atoms with van der Waals surface area (Å²) in [6.07, 6.45) is -0.0956. The Balaban J connectivity index is 3.85. The minimum absolute atomic E-state index is 0.0679. The van der Waals surface area contributed by atoms with Gasteiger partial charge in [-0.2, -0.15) is 0 Å². The minimum Gasteiger partial charge on any atom is -0.465 e. The second-order valence-corrected chi connectivity index (χ2v) is 8.95. The number of unbranched alkanes of at least 4 members (excludes halogenated alkanes) is 1. The lowest BCUT2D eigenvalue weighted by Crippen LogP contribution is -2.14. The molecule has 0 rings (SSSR count). The summed E-state index contributed by atoms with van der Waals surface area (Å²) in [5, 5.41) is 0. The third-order valence-corrected chi connectivity index (χ3v) is 6.34. The van der Waals surface area contributed by atoms with Crippen LogP contribution in [0.3, 0.4) is 0 Å². The summed E-state index contributed by atoms with van der Waals surface area (Å²) in [6, 6.07) is 0. The topological polar surface area (TPSA) is 124 Å². The Morgan fingerprint density at radius 3 is 1.21 bits per heavy atom. The smallest absolute Gasteiger partial charge is 0.341 e. The van der Waals surface area contributed by atoms with Crippen LogP contribution in [0.25, 0.3) is 0 Å². The van der Waals surface area contributed by atoms with Crippen LogP contribution in [0, 0.1) is 0 Å². The number of rotatable bonds is 13. The monoisotopic (exact) mass is 390 g/mol. The van der Waals surface area contributed by atoms with E-state index in [2.05, 4.69) is 18.1 Å². The quantitative estimate of drug-likeness (QED) is 0.261. The molecule has 0 atom stereocenters. The van der Waals surface area contributed by atoms with Gasteiger partial charge in [0.2, 0.25) is 0 Å². The average molecular weight is 390 g/mol. The molecule has 0 heterocycles. The Hall–Kier alpha value is -0.760. The van der Waals surface area contributed by atoms with Crippen molar-refractivity contribution >= 4 is 27.1 Å². The van der Waals surface area contributed by atoms with Crippen molar-refractivity contribution in [1.29, 1.82) is 0 Å². The second kappa shape index (κ2) is 11.7. The molecule has 0 spiro atoms. The van der Waals surface area contributed by atoms with E-state index in [4.69, 9.17) is 9.47 Å². The maximum Gasteiger partial charge on any atom is 0.341 e. The maximum absolute atomic E-state index is 11.7. The molecule has 0 fully saturated rings. The molecular formula is C12H24O10P2. The van der Waals surface area contributed by atoms with Crippen molar-refractivity contribution in [2.24, 2.45) is 0 Å². The van der Waals surface area contributed by atoms with E-state index in [0.717, 1.165) is 0 Å². The lowest BCUT2D eigenvalue weighted by Gasteiger charge is -2.13. The first kappa shape index (κ1) is 23.2. The fourth-order valence-electron chi connectivity index (χ4n) is 1.39. The number of carbonyl (C=O) groups is 2. The molecule has 0 aliphatic rings. The Morgan fingerprint density at radius 1 is 0.667 bits per heavy atom. The Bertz CT molecular complexity index is 432. The lowest BCUT2D eigenvalue weighted by molar-refractivity contribution is -0.143. The van der Waals surface area contributed by atoms with Crippen molar-refractivity contribution in [1.82, 2.24) is 0 Å². The average Bonchev–Trinajstić information content (AvgIpc) is 2.57. The van der Waals surface area contributed by atoms with Gasteiger partial charge in [0.15, 0.2) is 0 Å². The summed E-state index contributed by atoms with van der Waals surface area (Å²) >= 11 is 0. The van der Waals surface area contributed by atoms with Crippen LogP contribution in [-0.4, -0.2) is 65.9 Å². The Labute approximate surface area is 141 Å². The van der Waals surface area contributed by atoms with Crippen LogP contribution in [0.1, 0.15) is 12.8 Å². The van der Waals surface area contributed by atoms with Crippen LogP contribution < -0.4 is 0 Å². The summed E-state index contributed by atoms with van der Waals surface area (Å²) < 4.78 is 51.6. The maximum atomic E-state index is 11.7. The summed E-state index contributed by atoms with van der Waals surface area (Å²) in [7, 11) is -2.15. The third kappa shape index (κ3) is 9.52. The highest BCUT2D eigenvalue weighted by atomic mass is 31.2. The number of hydrogen-bond acceptors (Lipinski definition) is 10. The predicted molar refractivity (Wildman–Crippen MR) is 84.1 cm³/mol. The molecule has 0 aromatic heterocycles. The van der Waals surface area contributed by atoms with Gasteiger partial charge < -0.3 is 27.6 Å². The first-order valence-electron chi connectivity index (χ1n) is 6.96. The zero-order valence-corrected chi connectivity index (χ0v) is 16.0. The molecule has 0 radical (unpaired) electrons. The van der Waals surface area contributed by atoms with E-state index in [9.17, 15) is 18.7 Å². The van der Waals surface area contributed by atoms with Gasteiger partial charge in [0.25, 0.3) is 0 Å². The van der Waals surface area contributed by atoms with Crippen LogP contribution in [0.5, 0.6) is 0 Å². The largest absolute Gasteiger partial charge is 0.465 e. The molecule has 0 N–H and O–H groups in total. The van der Waals surface area contributed by atoms with Crippen LogP contribution in [0.15, 0.2) is 0 Å². The van der Waals surface area contributed by atoms with Gasteiger partial charge in [0, 0.05) is 28.4 Å². The van der Waals surface area contributed by atoms with Gasteiger partial charge in [-0.15, -0.1) is 0 Å². The minimum atomic E-state index is -3.43. The molecule has 0 aromatic rings. The molecule has 10 nitrogen and oxygen atoms in total. The molecule has 0 saturated carbocycles. The van der Waals surface area contributed by atoms with E-state index in [-0.39, 0.29) is 13.2 Å². The van der Waals surface area contributed by atoms with Crippen molar-refractivity contribution in [2.45, 2.75) is 12.8 Å².